The van der Waals surface area contributed by atoms with Crippen LogP contribution >= 0.6 is 27.3 Å². The zero-order valence-corrected chi connectivity index (χ0v) is 9.81. The molecule has 4 heteroatoms. The van der Waals surface area contributed by atoms with E-state index >= 15 is 0 Å². The van der Waals surface area contributed by atoms with Crippen molar-refractivity contribution in [1.29, 1.82) is 0 Å². The maximum absolute atomic E-state index is 4.15. The lowest BCUT2D eigenvalue weighted by molar-refractivity contribution is 1.13. The van der Waals surface area contributed by atoms with Gasteiger partial charge in [0.2, 0.25) is 0 Å². The van der Waals surface area contributed by atoms with Crippen LogP contribution in [0.4, 0.5) is 5.13 Å². The third kappa shape index (κ3) is 2.56. The summed E-state index contributed by atoms with van der Waals surface area (Å²) >= 11 is 5.05. The van der Waals surface area contributed by atoms with E-state index in [1.807, 2.05) is 17.5 Å². The van der Waals surface area contributed by atoms with Crippen molar-refractivity contribution in [2.24, 2.45) is 0 Å². The van der Waals surface area contributed by atoms with Crippen LogP contribution < -0.4 is 5.32 Å². The second kappa shape index (κ2) is 4.57. The summed E-state index contributed by atoms with van der Waals surface area (Å²) in [5.41, 5.74) is 1.24. The molecule has 2 nitrogen and oxygen atoms in total. The van der Waals surface area contributed by atoms with Gasteiger partial charge in [-0.1, -0.05) is 28.1 Å². The molecule has 0 spiro atoms. The van der Waals surface area contributed by atoms with Gasteiger partial charge < -0.3 is 5.32 Å². The molecule has 0 unspecified atom stereocenters. The highest BCUT2D eigenvalue weighted by molar-refractivity contribution is 9.10. The van der Waals surface area contributed by atoms with Gasteiger partial charge >= 0.3 is 0 Å². The summed E-state index contributed by atoms with van der Waals surface area (Å²) in [6.07, 6.45) is 1.80. The van der Waals surface area contributed by atoms with Crippen molar-refractivity contribution in [1.82, 2.24) is 4.98 Å². The SMILES string of the molecule is Brc1cccc(CNc2nccs2)c1. The fourth-order valence-corrected chi connectivity index (χ4v) is 2.11. The first-order chi connectivity index (χ1) is 6.84. The second-order valence-corrected chi connectivity index (χ2v) is 4.63. The molecule has 72 valence electrons. The molecule has 1 heterocycles. The largest absolute Gasteiger partial charge is 0.357 e. The number of aromatic nitrogens is 1. The smallest absolute Gasteiger partial charge is 0.182 e. The Morgan fingerprint density at radius 1 is 1.43 bits per heavy atom. The Bertz CT molecular complexity index is 400. The molecule has 0 atom stereocenters. The molecule has 2 rings (SSSR count). The van der Waals surface area contributed by atoms with Gasteiger partial charge in [-0.3, -0.25) is 0 Å². The molecule has 0 fully saturated rings. The maximum atomic E-state index is 4.15. The summed E-state index contributed by atoms with van der Waals surface area (Å²) in [4.78, 5) is 4.15. The van der Waals surface area contributed by atoms with E-state index in [4.69, 9.17) is 0 Å². The predicted octanol–water partition coefficient (Wildman–Crippen LogP) is 3.52. The molecular formula is C10H9BrN2S. The number of benzene rings is 1. The summed E-state index contributed by atoms with van der Waals surface area (Å²) in [5, 5.41) is 6.18. The Labute approximate surface area is 95.1 Å². The minimum Gasteiger partial charge on any atom is -0.357 e. The lowest BCUT2D eigenvalue weighted by Gasteiger charge is -2.02. The van der Waals surface area contributed by atoms with Crippen LogP contribution in [0.15, 0.2) is 40.3 Å². The van der Waals surface area contributed by atoms with E-state index in [2.05, 4.69) is 38.4 Å². The molecule has 0 saturated carbocycles. The summed E-state index contributed by atoms with van der Waals surface area (Å²) < 4.78 is 1.11. The number of hydrogen-bond donors (Lipinski definition) is 1. The highest BCUT2D eigenvalue weighted by Gasteiger charge is 1.95. The van der Waals surface area contributed by atoms with Gasteiger partial charge in [0.1, 0.15) is 0 Å². The fraction of sp³-hybridized carbons (Fsp3) is 0.100. The number of nitrogens with one attached hydrogen (secondary N) is 1. The van der Waals surface area contributed by atoms with E-state index in [0.29, 0.717) is 0 Å². The predicted molar refractivity (Wildman–Crippen MR) is 63.6 cm³/mol. The van der Waals surface area contributed by atoms with Crippen LogP contribution in [0, 0.1) is 0 Å². The van der Waals surface area contributed by atoms with Crippen LogP contribution in [0.25, 0.3) is 0 Å². The molecule has 0 aliphatic heterocycles. The first kappa shape index (κ1) is 9.68. The van der Waals surface area contributed by atoms with Crippen molar-refractivity contribution in [3.05, 3.63) is 45.9 Å². The Kier molecular flexibility index (Phi) is 3.16. The summed E-state index contributed by atoms with van der Waals surface area (Å²) in [6, 6.07) is 8.24. The molecule has 2 aromatic rings. The normalized spacial score (nSPS) is 10.1. The lowest BCUT2D eigenvalue weighted by Crippen LogP contribution is -1.98. The van der Waals surface area contributed by atoms with Crippen LogP contribution in [0.5, 0.6) is 0 Å². The minimum absolute atomic E-state index is 0.812. The second-order valence-electron chi connectivity index (χ2n) is 2.82. The number of nitrogens with zero attached hydrogens (tertiary/aromatic N) is 1. The van der Waals surface area contributed by atoms with Gasteiger partial charge in [-0.05, 0) is 17.7 Å². The van der Waals surface area contributed by atoms with Crippen LogP contribution in [0.3, 0.4) is 0 Å². The van der Waals surface area contributed by atoms with Crippen molar-refractivity contribution >= 4 is 32.4 Å². The summed E-state index contributed by atoms with van der Waals surface area (Å²) in [6.45, 7) is 0.812. The average molecular weight is 269 g/mol. The highest BCUT2D eigenvalue weighted by atomic mass is 79.9. The molecule has 14 heavy (non-hydrogen) atoms. The van der Waals surface area contributed by atoms with E-state index < -0.39 is 0 Å². The van der Waals surface area contributed by atoms with E-state index in [1.54, 1.807) is 17.5 Å². The number of rotatable bonds is 3. The van der Waals surface area contributed by atoms with E-state index in [0.717, 1.165) is 16.1 Å². The van der Waals surface area contributed by atoms with Gasteiger partial charge in [0, 0.05) is 22.6 Å². The maximum Gasteiger partial charge on any atom is 0.182 e. The number of thiazole rings is 1. The molecular weight excluding hydrogens is 260 g/mol. The van der Waals surface area contributed by atoms with Crippen LogP contribution in [-0.2, 0) is 6.54 Å². The third-order valence-corrected chi connectivity index (χ3v) is 2.99. The molecule has 0 radical (unpaired) electrons. The van der Waals surface area contributed by atoms with Crippen molar-refractivity contribution in [2.45, 2.75) is 6.54 Å². The van der Waals surface area contributed by atoms with Crippen molar-refractivity contribution < 1.29 is 0 Å². The first-order valence-electron chi connectivity index (χ1n) is 4.22. The third-order valence-electron chi connectivity index (χ3n) is 1.77. The molecule has 0 aliphatic rings. The van der Waals surface area contributed by atoms with Crippen LogP contribution in [-0.4, -0.2) is 4.98 Å². The average Bonchev–Trinajstić information content (AvgIpc) is 2.67. The topological polar surface area (TPSA) is 24.9 Å². The molecule has 0 aliphatic carbocycles. The van der Waals surface area contributed by atoms with Crippen LogP contribution in [0.2, 0.25) is 0 Å². The highest BCUT2D eigenvalue weighted by Crippen LogP contribution is 2.15. The zero-order chi connectivity index (χ0) is 9.80. The molecule has 1 aromatic carbocycles. The molecule has 0 saturated heterocycles. The van der Waals surface area contributed by atoms with Gasteiger partial charge in [-0.25, -0.2) is 4.98 Å². The van der Waals surface area contributed by atoms with Gasteiger partial charge in [-0.15, -0.1) is 11.3 Å². The van der Waals surface area contributed by atoms with E-state index in [-0.39, 0.29) is 0 Å². The van der Waals surface area contributed by atoms with Crippen molar-refractivity contribution in [3.63, 3.8) is 0 Å². The Morgan fingerprint density at radius 2 is 2.36 bits per heavy atom. The zero-order valence-electron chi connectivity index (χ0n) is 7.40. The Hall–Kier alpha value is -0.870. The standard InChI is InChI=1S/C10H9BrN2S/c11-9-3-1-2-8(6-9)7-13-10-12-4-5-14-10/h1-6H,7H2,(H,12,13). The van der Waals surface area contributed by atoms with Gasteiger partial charge in [0.15, 0.2) is 5.13 Å². The Balaban J connectivity index is 1.98. The number of hydrogen-bond acceptors (Lipinski definition) is 3. The monoisotopic (exact) mass is 268 g/mol. The van der Waals surface area contributed by atoms with E-state index in [9.17, 15) is 0 Å². The first-order valence-corrected chi connectivity index (χ1v) is 5.90. The Morgan fingerprint density at radius 3 is 3.07 bits per heavy atom. The van der Waals surface area contributed by atoms with Crippen molar-refractivity contribution in [2.75, 3.05) is 5.32 Å². The van der Waals surface area contributed by atoms with Crippen molar-refractivity contribution in [3.8, 4) is 0 Å². The summed E-state index contributed by atoms with van der Waals surface area (Å²) in [5.74, 6) is 0. The number of anilines is 1. The van der Waals surface area contributed by atoms with Gasteiger partial charge in [-0.2, -0.15) is 0 Å². The molecule has 1 N–H and O–H groups in total. The fourth-order valence-electron chi connectivity index (χ4n) is 1.14. The van der Waals surface area contributed by atoms with Gasteiger partial charge in [0.05, 0.1) is 0 Å². The number of halogens is 1. The summed E-state index contributed by atoms with van der Waals surface area (Å²) in [7, 11) is 0. The van der Waals surface area contributed by atoms with Crippen LogP contribution in [0.1, 0.15) is 5.56 Å². The molecule has 1 aromatic heterocycles. The quantitative estimate of drug-likeness (QED) is 0.922. The lowest BCUT2D eigenvalue weighted by atomic mass is 10.2. The molecule has 0 bridgehead atoms. The minimum atomic E-state index is 0.812. The molecule has 0 amide bonds. The van der Waals surface area contributed by atoms with E-state index in [1.165, 1.54) is 5.56 Å². The van der Waals surface area contributed by atoms with Gasteiger partial charge in [0.25, 0.3) is 0 Å².